The van der Waals surface area contributed by atoms with Crippen LogP contribution >= 0.6 is 0 Å². The van der Waals surface area contributed by atoms with Crippen LogP contribution in [0.3, 0.4) is 0 Å². The van der Waals surface area contributed by atoms with Gasteiger partial charge in [0.1, 0.15) is 5.52 Å². The van der Waals surface area contributed by atoms with Gasteiger partial charge in [0.25, 0.3) is 0 Å². The van der Waals surface area contributed by atoms with Crippen molar-refractivity contribution >= 4 is 17.1 Å². The zero-order valence-corrected chi connectivity index (χ0v) is 10.1. The minimum absolute atomic E-state index is 0.0756. The van der Waals surface area contributed by atoms with E-state index in [2.05, 4.69) is 25.3 Å². The molecule has 0 saturated carbocycles. The van der Waals surface area contributed by atoms with Crippen LogP contribution in [0, 0.1) is 0 Å². The van der Waals surface area contributed by atoms with E-state index in [1.807, 2.05) is 0 Å². The molecule has 0 spiro atoms. The highest BCUT2D eigenvalue weighted by Crippen LogP contribution is 2.23. The Morgan fingerprint density at radius 3 is 2.84 bits per heavy atom. The van der Waals surface area contributed by atoms with Crippen molar-refractivity contribution < 1.29 is 17.9 Å². The summed E-state index contributed by atoms with van der Waals surface area (Å²) in [5.74, 6) is 0.486. The van der Waals surface area contributed by atoms with Crippen LogP contribution in [0.2, 0.25) is 0 Å². The number of alkyl halides is 3. The lowest BCUT2D eigenvalue weighted by atomic mass is 10.3. The van der Waals surface area contributed by atoms with Gasteiger partial charge in [-0.2, -0.15) is 23.1 Å². The number of H-pyrrole nitrogens is 1. The van der Waals surface area contributed by atoms with Gasteiger partial charge in [0, 0.05) is 13.5 Å². The van der Waals surface area contributed by atoms with Gasteiger partial charge in [-0.05, 0) is 6.42 Å². The maximum atomic E-state index is 12.0. The fourth-order valence-corrected chi connectivity index (χ4v) is 1.46. The summed E-state index contributed by atoms with van der Waals surface area (Å²) in [7, 11) is 1.63. The number of anilines is 1. The van der Waals surface area contributed by atoms with Crippen molar-refractivity contribution in [1.29, 1.82) is 0 Å². The summed E-state index contributed by atoms with van der Waals surface area (Å²) in [4.78, 5) is 14.8. The SMILES string of the molecule is CNc1nc(OCCCC(F)(F)F)c2[nH]cnc2n1. The van der Waals surface area contributed by atoms with Crippen LogP contribution in [0.25, 0.3) is 11.2 Å². The van der Waals surface area contributed by atoms with Crippen molar-refractivity contribution in [3.8, 4) is 5.88 Å². The van der Waals surface area contributed by atoms with Gasteiger partial charge >= 0.3 is 6.18 Å². The van der Waals surface area contributed by atoms with Gasteiger partial charge in [-0.1, -0.05) is 0 Å². The van der Waals surface area contributed by atoms with E-state index in [9.17, 15) is 13.2 Å². The van der Waals surface area contributed by atoms with Gasteiger partial charge in [0.15, 0.2) is 5.65 Å². The molecule has 2 N–H and O–H groups in total. The van der Waals surface area contributed by atoms with Crippen LogP contribution in [-0.2, 0) is 0 Å². The second-order valence-corrected chi connectivity index (χ2v) is 3.77. The van der Waals surface area contributed by atoms with Crippen molar-refractivity contribution in [2.45, 2.75) is 19.0 Å². The largest absolute Gasteiger partial charge is 0.476 e. The van der Waals surface area contributed by atoms with E-state index in [0.29, 0.717) is 17.1 Å². The molecule has 2 aromatic heterocycles. The fourth-order valence-electron chi connectivity index (χ4n) is 1.46. The first-order valence-corrected chi connectivity index (χ1v) is 5.58. The van der Waals surface area contributed by atoms with Crippen molar-refractivity contribution in [3.05, 3.63) is 6.33 Å². The molecule has 0 aliphatic carbocycles. The first kappa shape index (κ1) is 13.4. The highest BCUT2D eigenvalue weighted by molar-refractivity contribution is 5.76. The molecule has 2 rings (SSSR count). The maximum Gasteiger partial charge on any atom is 0.389 e. The Bertz CT molecular complexity index is 554. The topological polar surface area (TPSA) is 75.7 Å². The van der Waals surface area contributed by atoms with E-state index in [4.69, 9.17) is 4.74 Å². The van der Waals surface area contributed by atoms with E-state index < -0.39 is 12.6 Å². The van der Waals surface area contributed by atoms with Gasteiger partial charge in [0.05, 0.1) is 12.9 Å². The second kappa shape index (κ2) is 5.29. The van der Waals surface area contributed by atoms with Crippen LogP contribution < -0.4 is 10.1 Å². The third-order valence-corrected chi connectivity index (χ3v) is 2.32. The summed E-state index contributed by atoms with van der Waals surface area (Å²) < 4.78 is 41.2. The highest BCUT2D eigenvalue weighted by atomic mass is 19.4. The number of ether oxygens (including phenoxy) is 1. The number of halogens is 3. The first-order valence-electron chi connectivity index (χ1n) is 5.58. The van der Waals surface area contributed by atoms with E-state index in [1.54, 1.807) is 7.05 Å². The summed E-state index contributed by atoms with van der Waals surface area (Å²) in [6.07, 6.45) is -3.77. The van der Waals surface area contributed by atoms with Crippen molar-refractivity contribution in [2.75, 3.05) is 19.0 Å². The predicted molar refractivity (Wildman–Crippen MR) is 62.0 cm³/mol. The van der Waals surface area contributed by atoms with E-state index in [0.717, 1.165) is 0 Å². The standard InChI is InChI=1S/C10H12F3N5O/c1-14-9-17-7-6(15-5-16-7)8(18-9)19-4-2-3-10(11,12)13/h5H,2-4H2,1H3,(H2,14,15,16,17,18). The molecule has 0 aliphatic rings. The molecule has 0 fully saturated rings. The summed E-state index contributed by atoms with van der Waals surface area (Å²) in [5, 5.41) is 2.73. The number of fused-ring (bicyclic) bond motifs is 1. The molecule has 0 atom stereocenters. The van der Waals surface area contributed by atoms with E-state index in [-0.39, 0.29) is 18.9 Å². The molecule has 6 nitrogen and oxygen atoms in total. The van der Waals surface area contributed by atoms with Crippen LogP contribution in [0.1, 0.15) is 12.8 Å². The number of nitrogens with zero attached hydrogens (tertiary/aromatic N) is 3. The average molecular weight is 275 g/mol. The molecule has 0 unspecified atom stereocenters. The average Bonchev–Trinajstić information content (AvgIpc) is 2.81. The third kappa shape index (κ3) is 3.46. The number of aromatic nitrogens is 4. The number of nitrogens with one attached hydrogen (secondary N) is 2. The molecule has 0 aromatic carbocycles. The van der Waals surface area contributed by atoms with Crippen molar-refractivity contribution in [3.63, 3.8) is 0 Å². The summed E-state index contributed by atoms with van der Waals surface area (Å²) in [5.41, 5.74) is 0.858. The zero-order chi connectivity index (χ0) is 13.9. The van der Waals surface area contributed by atoms with Crippen LogP contribution in [0.5, 0.6) is 5.88 Å². The van der Waals surface area contributed by atoms with Crippen molar-refractivity contribution in [1.82, 2.24) is 19.9 Å². The lowest BCUT2D eigenvalue weighted by Crippen LogP contribution is -2.10. The number of hydrogen-bond acceptors (Lipinski definition) is 5. The Hall–Kier alpha value is -2.06. The van der Waals surface area contributed by atoms with E-state index in [1.165, 1.54) is 6.33 Å². The highest BCUT2D eigenvalue weighted by Gasteiger charge is 2.26. The molecule has 19 heavy (non-hydrogen) atoms. The third-order valence-electron chi connectivity index (χ3n) is 2.32. The van der Waals surface area contributed by atoms with Crippen molar-refractivity contribution in [2.24, 2.45) is 0 Å². The molecule has 2 aromatic rings. The molecule has 104 valence electrons. The van der Waals surface area contributed by atoms with Crippen LogP contribution in [0.4, 0.5) is 19.1 Å². The van der Waals surface area contributed by atoms with Gasteiger partial charge in [0.2, 0.25) is 11.8 Å². The molecule has 0 amide bonds. The Kier molecular flexibility index (Phi) is 3.72. The number of rotatable bonds is 5. The normalized spacial score (nSPS) is 11.8. The Morgan fingerprint density at radius 1 is 1.37 bits per heavy atom. The summed E-state index contributed by atoms with van der Waals surface area (Å²) >= 11 is 0. The zero-order valence-electron chi connectivity index (χ0n) is 10.1. The lowest BCUT2D eigenvalue weighted by molar-refractivity contribution is -0.136. The van der Waals surface area contributed by atoms with Gasteiger partial charge in [-0.3, -0.25) is 0 Å². The monoisotopic (exact) mass is 275 g/mol. The molecule has 0 saturated heterocycles. The van der Waals surface area contributed by atoms with Crippen LogP contribution in [0.15, 0.2) is 6.33 Å². The molecule has 0 radical (unpaired) electrons. The van der Waals surface area contributed by atoms with E-state index >= 15 is 0 Å². The molecular formula is C10H12F3N5O. The molecular weight excluding hydrogens is 263 g/mol. The molecule has 0 aliphatic heterocycles. The molecule has 9 heteroatoms. The quantitative estimate of drug-likeness (QED) is 0.817. The van der Waals surface area contributed by atoms with Gasteiger partial charge in [-0.25, -0.2) is 4.98 Å². The minimum Gasteiger partial charge on any atom is -0.476 e. The maximum absolute atomic E-state index is 12.0. The number of aromatic amines is 1. The Balaban J connectivity index is 2.05. The minimum atomic E-state index is -4.17. The van der Waals surface area contributed by atoms with Gasteiger partial charge in [-0.15, -0.1) is 0 Å². The smallest absolute Gasteiger partial charge is 0.389 e. The Labute approximate surface area is 106 Å². The van der Waals surface area contributed by atoms with Crippen LogP contribution in [-0.4, -0.2) is 39.8 Å². The lowest BCUT2D eigenvalue weighted by Gasteiger charge is -2.08. The Morgan fingerprint density at radius 2 is 2.16 bits per heavy atom. The first-order chi connectivity index (χ1) is 8.99. The summed E-state index contributed by atoms with van der Waals surface area (Å²) in [6, 6.07) is 0. The summed E-state index contributed by atoms with van der Waals surface area (Å²) in [6.45, 7) is -0.0756. The molecule has 0 bridgehead atoms. The number of hydrogen-bond donors (Lipinski definition) is 2. The molecule has 2 heterocycles. The number of imidazole rings is 1. The predicted octanol–water partition coefficient (Wildman–Crippen LogP) is 2.12. The second-order valence-electron chi connectivity index (χ2n) is 3.77. The fraction of sp³-hybridized carbons (Fsp3) is 0.500. The van der Waals surface area contributed by atoms with Gasteiger partial charge < -0.3 is 15.0 Å².